The molecule has 0 atom stereocenters. The van der Waals surface area contributed by atoms with Crippen LogP contribution >= 0.6 is 0 Å². The Morgan fingerprint density at radius 2 is 1.79 bits per heavy atom. The zero-order valence-electron chi connectivity index (χ0n) is 15.6. The number of carbonyl (C=O) groups is 1. The average Bonchev–Trinajstić information content (AvgIpc) is 2.65. The molecule has 3 rings (SSSR count). The van der Waals surface area contributed by atoms with Gasteiger partial charge in [-0.25, -0.2) is 17.2 Å². The molecule has 0 aliphatic heterocycles. The van der Waals surface area contributed by atoms with Gasteiger partial charge >= 0.3 is 0 Å². The quantitative estimate of drug-likeness (QED) is 0.661. The molecule has 2 heterocycles. The Labute approximate surface area is 166 Å². The van der Waals surface area contributed by atoms with Crippen LogP contribution in [0.3, 0.4) is 0 Å². The molecule has 0 fully saturated rings. The first-order valence-corrected chi connectivity index (χ1v) is 10.0. The topological polar surface area (TPSA) is 89.0 Å². The van der Waals surface area contributed by atoms with Crippen LogP contribution in [-0.2, 0) is 21.2 Å². The van der Waals surface area contributed by atoms with Gasteiger partial charge in [0.25, 0.3) is 10.0 Å². The lowest BCUT2D eigenvalue weighted by Crippen LogP contribution is -2.14. The van der Waals surface area contributed by atoms with Crippen molar-refractivity contribution in [2.24, 2.45) is 0 Å². The summed E-state index contributed by atoms with van der Waals surface area (Å²) in [5, 5.41) is 0. The molecule has 1 N–H and O–H groups in total. The number of rotatable bonds is 6. The van der Waals surface area contributed by atoms with Crippen LogP contribution in [0.1, 0.15) is 18.3 Å². The van der Waals surface area contributed by atoms with Crippen LogP contribution in [0.25, 0.3) is 11.1 Å². The van der Waals surface area contributed by atoms with E-state index in [2.05, 4.69) is 14.7 Å². The maximum atomic E-state index is 13.4. The standard InChI is InChI=1S/C20H17F2N3O3S/c1-12(26)7-16-8-14(5-6-23-16)15-9-20(13(2)24-11-15)25-29(27,28)17-3-4-18(21)19(22)10-17/h3-6,8-11,25H,7H2,1-2H3. The SMILES string of the molecule is CC(=O)Cc1cc(-c2cnc(C)c(NS(=O)(=O)c3ccc(F)c(F)c3)c2)ccn1. The molecule has 0 saturated carbocycles. The van der Waals surface area contributed by atoms with Gasteiger partial charge in [0.15, 0.2) is 11.6 Å². The average molecular weight is 417 g/mol. The zero-order valence-corrected chi connectivity index (χ0v) is 16.4. The minimum Gasteiger partial charge on any atom is -0.300 e. The summed E-state index contributed by atoms with van der Waals surface area (Å²) in [5.41, 5.74) is 2.48. The lowest BCUT2D eigenvalue weighted by Gasteiger charge is -2.12. The Hall–Kier alpha value is -3.20. The number of anilines is 1. The van der Waals surface area contributed by atoms with Gasteiger partial charge in [0.05, 0.1) is 16.3 Å². The summed E-state index contributed by atoms with van der Waals surface area (Å²) in [6.07, 6.45) is 3.30. The molecule has 0 aliphatic rings. The molecule has 0 amide bonds. The maximum Gasteiger partial charge on any atom is 0.262 e. The molecule has 150 valence electrons. The molecule has 0 aliphatic carbocycles. The number of pyridine rings is 2. The van der Waals surface area contributed by atoms with E-state index in [-0.39, 0.29) is 17.9 Å². The third kappa shape index (κ3) is 4.80. The first-order valence-electron chi connectivity index (χ1n) is 8.55. The summed E-state index contributed by atoms with van der Waals surface area (Å²) in [4.78, 5) is 19.3. The lowest BCUT2D eigenvalue weighted by molar-refractivity contribution is -0.116. The van der Waals surface area contributed by atoms with Gasteiger partial charge < -0.3 is 0 Å². The van der Waals surface area contributed by atoms with E-state index >= 15 is 0 Å². The van der Waals surface area contributed by atoms with Crippen LogP contribution in [0.4, 0.5) is 14.5 Å². The van der Waals surface area contributed by atoms with Crippen molar-refractivity contribution in [1.29, 1.82) is 0 Å². The first-order chi connectivity index (χ1) is 13.7. The minimum absolute atomic E-state index is 0.0309. The molecular weight excluding hydrogens is 400 g/mol. The Bertz CT molecular complexity index is 1200. The Balaban J connectivity index is 1.95. The summed E-state index contributed by atoms with van der Waals surface area (Å²) in [5.74, 6) is -2.43. The number of halogens is 2. The molecule has 1 aromatic carbocycles. The summed E-state index contributed by atoms with van der Waals surface area (Å²) < 4.78 is 54.0. The summed E-state index contributed by atoms with van der Waals surface area (Å²) in [7, 11) is -4.15. The van der Waals surface area contributed by atoms with E-state index in [1.54, 1.807) is 37.5 Å². The first kappa shape index (κ1) is 20.5. The van der Waals surface area contributed by atoms with Crippen molar-refractivity contribution in [2.45, 2.75) is 25.2 Å². The number of nitrogens with one attached hydrogen (secondary N) is 1. The predicted octanol–water partition coefficient (Wildman–Crippen LogP) is 3.66. The van der Waals surface area contributed by atoms with Crippen LogP contribution in [0.15, 0.2) is 53.7 Å². The molecule has 0 unspecified atom stereocenters. The van der Waals surface area contributed by atoms with E-state index in [1.807, 2.05) is 0 Å². The zero-order chi connectivity index (χ0) is 21.2. The van der Waals surface area contributed by atoms with E-state index in [0.717, 1.165) is 12.1 Å². The largest absolute Gasteiger partial charge is 0.300 e. The third-order valence-electron chi connectivity index (χ3n) is 4.11. The smallest absolute Gasteiger partial charge is 0.262 e. The number of nitrogens with zero attached hydrogens (tertiary/aromatic N) is 2. The van der Waals surface area contributed by atoms with Gasteiger partial charge in [-0.3, -0.25) is 19.5 Å². The molecule has 29 heavy (non-hydrogen) atoms. The van der Waals surface area contributed by atoms with Crippen molar-refractivity contribution in [2.75, 3.05) is 4.72 Å². The van der Waals surface area contributed by atoms with Gasteiger partial charge in [0, 0.05) is 30.1 Å². The Kier molecular flexibility index (Phi) is 5.69. The monoisotopic (exact) mass is 417 g/mol. The minimum atomic E-state index is -4.15. The number of aryl methyl sites for hydroxylation is 1. The molecule has 3 aromatic rings. The number of hydrogen-bond acceptors (Lipinski definition) is 5. The van der Waals surface area contributed by atoms with Crippen molar-refractivity contribution < 1.29 is 22.0 Å². The Morgan fingerprint density at radius 3 is 2.48 bits per heavy atom. The molecule has 0 radical (unpaired) electrons. The highest BCUT2D eigenvalue weighted by Crippen LogP contribution is 2.26. The van der Waals surface area contributed by atoms with Crippen molar-refractivity contribution in [3.8, 4) is 11.1 Å². The molecule has 0 bridgehead atoms. The third-order valence-corrected chi connectivity index (χ3v) is 5.48. The molecular formula is C20H17F2N3O3S. The lowest BCUT2D eigenvalue weighted by atomic mass is 10.1. The summed E-state index contributed by atoms with van der Waals surface area (Å²) >= 11 is 0. The van der Waals surface area contributed by atoms with Gasteiger partial charge in [0.1, 0.15) is 5.78 Å². The highest BCUT2D eigenvalue weighted by atomic mass is 32.2. The highest BCUT2D eigenvalue weighted by Gasteiger charge is 2.18. The van der Waals surface area contributed by atoms with Gasteiger partial charge in [0.2, 0.25) is 0 Å². The molecule has 2 aromatic heterocycles. The van der Waals surface area contributed by atoms with Gasteiger partial charge in [-0.2, -0.15) is 0 Å². The van der Waals surface area contributed by atoms with E-state index in [0.29, 0.717) is 28.6 Å². The number of hydrogen-bond donors (Lipinski definition) is 1. The van der Waals surface area contributed by atoms with E-state index in [1.165, 1.54) is 6.92 Å². The number of carbonyl (C=O) groups excluding carboxylic acids is 1. The highest BCUT2D eigenvalue weighted by molar-refractivity contribution is 7.92. The van der Waals surface area contributed by atoms with Crippen LogP contribution in [-0.4, -0.2) is 24.2 Å². The second-order valence-corrected chi connectivity index (χ2v) is 8.14. The van der Waals surface area contributed by atoms with Gasteiger partial charge in [-0.15, -0.1) is 0 Å². The second kappa shape index (κ2) is 8.04. The van der Waals surface area contributed by atoms with Crippen molar-refractivity contribution >= 4 is 21.5 Å². The van der Waals surface area contributed by atoms with Crippen molar-refractivity contribution in [3.05, 3.63) is 71.8 Å². The predicted molar refractivity (Wildman–Crippen MR) is 104 cm³/mol. The molecule has 0 saturated heterocycles. The summed E-state index contributed by atoms with van der Waals surface area (Å²) in [6.45, 7) is 3.08. The number of aromatic nitrogens is 2. The van der Waals surface area contributed by atoms with Crippen LogP contribution in [0.2, 0.25) is 0 Å². The van der Waals surface area contributed by atoms with E-state index in [4.69, 9.17) is 0 Å². The Morgan fingerprint density at radius 1 is 1.03 bits per heavy atom. The number of benzene rings is 1. The second-order valence-electron chi connectivity index (χ2n) is 6.45. The normalized spacial score (nSPS) is 11.3. The fraction of sp³-hybridized carbons (Fsp3) is 0.150. The fourth-order valence-corrected chi connectivity index (χ4v) is 3.77. The number of sulfonamides is 1. The van der Waals surface area contributed by atoms with E-state index in [9.17, 15) is 22.0 Å². The van der Waals surface area contributed by atoms with Gasteiger partial charge in [-0.05, 0) is 55.8 Å². The molecule has 6 nitrogen and oxygen atoms in total. The van der Waals surface area contributed by atoms with Gasteiger partial charge in [-0.1, -0.05) is 0 Å². The fourth-order valence-electron chi connectivity index (χ4n) is 2.65. The van der Waals surface area contributed by atoms with Crippen LogP contribution in [0.5, 0.6) is 0 Å². The molecule has 9 heteroatoms. The van der Waals surface area contributed by atoms with Crippen molar-refractivity contribution in [1.82, 2.24) is 9.97 Å². The molecule has 0 spiro atoms. The number of Topliss-reactive ketones (excluding diaryl/α,β-unsaturated/α-hetero) is 1. The van der Waals surface area contributed by atoms with Crippen molar-refractivity contribution in [3.63, 3.8) is 0 Å². The maximum absolute atomic E-state index is 13.4. The van der Waals surface area contributed by atoms with Crippen LogP contribution < -0.4 is 4.72 Å². The van der Waals surface area contributed by atoms with Crippen LogP contribution in [0, 0.1) is 18.6 Å². The number of ketones is 1. The van der Waals surface area contributed by atoms with E-state index < -0.39 is 26.6 Å². The summed E-state index contributed by atoms with van der Waals surface area (Å²) in [6, 6.07) is 7.35.